The summed E-state index contributed by atoms with van der Waals surface area (Å²) in [7, 11) is 1.17. The zero-order valence-electron chi connectivity index (χ0n) is 8.55. The van der Waals surface area contributed by atoms with Gasteiger partial charge in [-0.2, -0.15) is 13.2 Å². The van der Waals surface area contributed by atoms with Gasteiger partial charge in [-0.3, -0.25) is 4.79 Å². The molecule has 88 valence electrons. The topological polar surface area (TPSA) is 46.3 Å². The van der Waals surface area contributed by atoms with Crippen LogP contribution in [0.1, 0.15) is 25.7 Å². The fourth-order valence-corrected chi connectivity index (χ4v) is 1.97. The van der Waals surface area contributed by atoms with Crippen molar-refractivity contribution in [2.45, 2.75) is 43.9 Å². The second-order valence-electron chi connectivity index (χ2n) is 3.93. The lowest BCUT2D eigenvalue weighted by molar-refractivity contribution is -0.187. The predicted molar refractivity (Wildman–Crippen MR) is 49.1 cm³/mol. The molecule has 6 heteroatoms. The summed E-state index contributed by atoms with van der Waals surface area (Å²) in [6.07, 6.45) is -1.81. The number of rotatable bonds is 1. The second-order valence-corrected chi connectivity index (χ2v) is 3.93. The molecule has 1 aliphatic rings. The van der Waals surface area contributed by atoms with Crippen LogP contribution < -0.4 is 5.73 Å². The molecular formula is C9H15F3N2O. The Morgan fingerprint density at radius 3 is 2.33 bits per heavy atom. The van der Waals surface area contributed by atoms with Crippen LogP contribution in [0.3, 0.4) is 0 Å². The van der Waals surface area contributed by atoms with Gasteiger partial charge in [-0.05, 0) is 12.8 Å². The van der Waals surface area contributed by atoms with Crippen LogP contribution in [0, 0.1) is 0 Å². The van der Waals surface area contributed by atoms with Gasteiger partial charge in [0.1, 0.15) is 0 Å². The van der Waals surface area contributed by atoms with E-state index in [-0.39, 0.29) is 6.04 Å². The van der Waals surface area contributed by atoms with Crippen molar-refractivity contribution in [3.8, 4) is 0 Å². The third-order valence-corrected chi connectivity index (χ3v) is 2.84. The van der Waals surface area contributed by atoms with Gasteiger partial charge in [0.2, 0.25) is 0 Å². The number of hydrogen-bond acceptors (Lipinski definition) is 2. The smallest absolute Gasteiger partial charge is 0.333 e. The van der Waals surface area contributed by atoms with Crippen LogP contribution >= 0.6 is 0 Å². The first-order valence-electron chi connectivity index (χ1n) is 4.93. The van der Waals surface area contributed by atoms with E-state index in [0.717, 1.165) is 17.7 Å². The molecule has 0 spiro atoms. The highest BCUT2D eigenvalue weighted by molar-refractivity contribution is 5.82. The highest BCUT2D eigenvalue weighted by Crippen LogP contribution is 2.25. The monoisotopic (exact) mass is 224 g/mol. The SMILES string of the molecule is CN(C(=O)C(F)(F)F)C1CCCCC1N. The summed E-state index contributed by atoms with van der Waals surface area (Å²) in [4.78, 5) is 11.7. The van der Waals surface area contributed by atoms with Crippen LogP contribution in [-0.4, -0.2) is 36.1 Å². The summed E-state index contributed by atoms with van der Waals surface area (Å²) in [5.41, 5.74) is 5.70. The third-order valence-electron chi connectivity index (χ3n) is 2.84. The van der Waals surface area contributed by atoms with Crippen LogP contribution in [-0.2, 0) is 4.79 Å². The molecule has 0 aromatic heterocycles. The van der Waals surface area contributed by atoms with E-state index in [9.17, 15) is 18.0 Å². The first-order chi connectivity index (χ1) is 6.84. The summed E-state index contributed by atoms with van der Waals surface area (Å²) in [5, 5.41) is 0. The maximum atomic E-state index is 12.1. The Balaban J connectivity index is 2.66. The van der Waals surface area contributed by atoms with Crippen molar-refractivity contribution in [1.29, 1.82) is 0 Å². The number of hydrogen-bond donors (Lipinski definition) is 1. The van der Waals surface area contributed by atoms with Crippen LogP contribution in [0.25, 0.3) is 0 Å². The molecule has 1 amide bonds. The van der Waals surface area contributed by atoms with Gasteiger partial charge < -0.3 is 10.6 Å². The van der Waals surface area contributed by atoms with E-state index in [0.29, 0.717) is 12.8 Å². The average molecular weight is 224 g/mol. The number of halogens is 3. The minimum absolute atomic E-state index is 0.338. The summed E-state index contributed by atoms with van der Waals surface area (Å²) in [6, 6.07) is -0.817. The Kier molecular flexibility index (Phi) is 3.59. The third kappa shape index (κ3) is 2.84. The molecule has 1 aliphatic carbocycles. The minimum atomic E-state index is -4.80. The van der Waals surface area contributed by atoms with Gasteiger partial charge in [0.25, 0.3) is 0 Å². The summed E-state index contributed by atoms with van der Waals surface area (Å²) >= 11 is 0. The normalized spacial score (nSPS) is 27.5. The van der Waals surface area contributed by atoms with Gasteiger partial charge in [0.15, 0.2) is 0 Å². The lowest BCUT2D eigenvalue weighted by Gasteiger charge is -2.36. The fourth-order valence-electron chi connectivity index (χ4n) is 1.97. The molecule has 1 rings (SSSR count). The van der Waals surface area contributed by atoms with Crippen molar-refractivity contribution in [2.24, 2.45) is 5.73 Å². The summed E-state index contributed by atoms with van der Waals surface area (Å²) in [5.74, 6) is -1.80. The quantitative estimate of drug-likeness (QED) is 0.729. The predicted octanol–water partition coefficient (Wildman–Crippen LogP) is 1.28. The van der Waals surface area contributed by atoms with Gasteiger partial charge in [-0.15, -0.1) is 0 Å². The molecule has 0 heterocycles. The maximum absolute atomic E-state index is 12.1. The highest BCUT2D eigenvalue weighted by atomic mass is 19.4. The molecule has 3 nitrogen and oxygen atoms in total. The molecule has 0 aromatic carbocycles. The molecule has 1 fully saturated rings. The standard InChI is InChI=1S/C9H15F3N2O/c1-14(8(15)9(10,11)12)7-5-3-2-4-6(7)13/h6-7H,2-5,13H2,1H3. The molecule has 0 aromatic rings. The molecule has 0 saturated heterocycles. The maximum Gasteiger partial charge on any atom is 0.471 e. The van der Waals surface area contributed by atoms with Gasteiger partial charge in [0.05, 0.1) is 0 Å². The minimum Gasteiger partial charge on any atom is -0.333 e. The Labute approximate surface area is 86.4 Å². The van der Waals surface area contributed by atoms with Gasteiger partial charge in [-0.1, -0.05) is 12.8 Å². The first kappa shape index (κ1) is 12.3. The van der Waals surface area contributed by atoms with Crippen molar-refractivity contribution in [1.82, 2.24) is 4.90 Å². The van der Waals surface area contributed by atoms with Crippen LogP contribution in [0.5, 0.6) is 0 Å². The molecule has 15 heavy (non-hydrogen) atoms. The lowest BCUT2D eigenvalue weighted by atomic mass is 9.90. The van der Waals surface area contributed by atoms with Crippen LogP contribution in [0.4, 0.5) is 13.2 Å². The lowest BCUT2D eigenvalue weighted by Crippen LogP contribution is -2.53. The van der Waals surface area contributed by atoms with E-state index >= 15 is 0 Å². The van der Waals surface area contributed by atoms with Crippen molar-refractivity contribution in [3.63, 3.8) is 0 Å². The molecule has 2 atom stereocenters. The van der Waals surface area contributed by atoms with E-state index in [1.807, 2.05) is 0 Å². The average Bonchev–Trinajstić information content (AvgIpc) is 2.15. The number of likely N-dealkylation sites (N-methyl/N-ethyl adjacent to an activating group) is 1. The fraction of sp³-hybridized carbons (Fsp3) is 0.889. The number of carbonyl (C=O) groups excluding carboxylic acids is 1. The number of nitrogens with two attached hydrogens (primary N) is 1. The van der Waals surface area contributed by atoms with Gasteiger partial charge in [0, 0.05) is 19.1 Å². The van der Waals surface area contributed by atoms with Gasteiger partial charge >= 0.3 is 12.1 Å². The van der Waals surface area contributed by atoms with E-state index in [4.69, 9.17) is 5.73 Å². The number of alkyl halides is 3. The highest BCUT2D eigenvalue weighted by Gasteiger charge is 2.44. The van der Waals surface area contributed by atoms with Crippen molar-refractivity contribution < 1.29 is 18.0 Å². The van der Waals surface area contributed by atoms with E-state index in [1.165, 1.54) is 7.05 Å². The van der Waals surface area contributed by atoms with E-state index < -0.39 is 18.1 Å². The van der Waals surface area contributed by atoms with E-state index in [1.54, 1.807) is 0 Å². The van der Waals surface area contributed by atoms with E-state index in [2.05, 4.69) is 0 Å². The van der Waals surface area contributed by atoms with Crippen molar-refractivity contribution >= 4 is 5.91 Å². The van der Waals surface area contributed by atoms with Crippen LogP contribution in [0.15, 0.2) is 0 Å². The number of amides is 1. The Hall–Kier alpha value is -0.780. The molecule has 0 radical (unpaired) electrons. The van der Waals surface area contributed by atoms with Crippen molar-refractivity contribution in [2.75, 3.05) is 7.05 Å². The Morgan fingerprint density at radius 2 is 1.87 bits per heavy atom. The summed E-state index contributed by atoms with van der Waals surface area (Å²) in [6.45, 7) is 0. The molecule has 1 saturated carbocycles. The Bertz CT molecular complexity index is 242. The zero-order chi connectivity index (χ0) is 11.6. The molecule has 0 bridgehead atoms. The van der Waals surface area contributed by atoms with Crippen LogP contribution in [0.2, 0.25) is 0 Å². The van der Waals surface area contributed by atoms with Crippen molar-refractivity contribution in [3.05, 3.63) is 0 Å². The zero-order valence-corrected chi connectivity index (χ0v) is 8.55. The number of nitrogens with zero attached hydrogens (tertiary/aromatic N) is 1. The Morgan fingerprint density at radius 1 is 1.33 bits per heavy atom. The molecule has 2 N–H and O–H groups in total. The summed E-state index contributed by atoms with van der Waals surface area (Å²) < 4.78 is 36.4. The number of carbonyl (C=O) groups is 1. The molecule has 2 unspecified atom stereocenters. The van der Waals surface area contributed by atoms with Gasteiger partial charge in [-0.25, -0.2) is 0 Å². The molecular weight excluding hydrogens is 209 g/mol. The first-order valence-corrected chi connectivity index (χ1v) is 4.93. The largest absolute Gasteiger partial charge is 0.471 e. The second kappa shape index (κ2) is 4.38. The molecule has 0 aliphatic heterocycles.